The van der Waals surface area contributed by atoms with E-state index in [1.54, 1.807) is 0 Å². The zero-order valence-electron chi connectivity index (χ0n) is 16.1. The Morgan fingerprint density at radius 2 is 1.67 bits per heavy atom. The van der Waals surface area contributed by atoms with Crippen LogP contribution in [0.4, 0.5) is 37.0 Å². The molecule has 0 saturated carbocycles. The molecule has 0 radical (unpaired) electrons. The molecule has 1 heterocycles. The predicted molar refractivity (Wildman–Crippen MR) is 89.6 cm³/mol. The van der Waals surface area contributed by atoms with Crippen LogP contribution in [0, 0.1) is 0 Å². The summed E-state index contributed by atoms with van der Waals surface area (Å²) in [6.07, 6.45) is -11.6. The molecule has 0 aliphatic carbocycles. The number of carbonyl (C=O) groups excluding carboxylic acids is 2. The molecule has 1 aromatic carbocycles. The van der Waals surface area contributed by atoms with Gasteiger partial charge in [-0.05, 0) is 32.9 Å². The lowest BCUT2D eigenvalue weighted by Crippen LogP contribution is -2.39. The van der Waals surface area contributed by atoms with Crippen LogP contribution >= 0.6 is 0 Å². The Hall–Kier alpha value is -2.99. The average Bonchev–Trinajstić information content (AvgIpc) is 2.98. The fraction of sp³-hybridized carbons (Fsp3) is 0.471. The number of halogens is 6. The van der Waals surface area contributed by atoms with Crippen molar-refractivity contribution in [2.75, 3.05) is 18.6 Å². The molecule has 0 spiro atoms. The van der Waals surface area contributed by atoms with Gasteiger partial charge in [0.15, 0.2) is 11.4 Å². The number of methoxy groups -OCH3 is 1. The molecule has 0 unspecified atom stereocenters. The maximum Gasteiger partial charge on any atom is 0.420 e. The lowest BCUT2D eigenvalue weighted by Gasteiger charge is -2.23. The SMILES string of the molecule is COC(=O)N(CC(=O)OC(C)(C)C)c1noc2c(C(F)(F)F)cc(C(F)(F)F)cc12. The summed E-state index contributed by atoms with van der Waals surface area (Å²) >= 11 is 0. The number of alkyl halides is 6. The summed E-state index contributed by atoms with van der Waals surface area (Å²) in [5.74, 6) is -1.77. The highest BCUT2D eigenvalue weighted by molar-refractivity contribution is 6.01. The molecular weight excluding hydrogens is 426 g/mol. The fourth-order valence-corrected chi connectivity index (χ4v) is 2.44. The van der Waals surface area contributed by atoms with Crippen molar-refractivity contribution in [1.82, 2.24) is 5.16 Å². The molecule has 0 aliphatic rings. The summed E-state index contributed by atoms with van der Waals surface area (Å²) in [6.45, 7) is 3.65. The molecule has 2 rings (SSSR count). The second-order valence-electron chi connectivity index (χ2n) is 7.04. The van der Waals surface area contributed by atoms with E-state index in [9.17, 15) is 35.9 Å². The van der Waals surface area contributed by atoms with Gasteiger partial charge in [0.1, 0.15) is 17.7 Å². The Morgan fingerprint density at radius 3 is 2.13 bits per heavy atom. The van der Waals surface area contributed by atoms with Crippen molar-refractivity contribution in [3.63, 3.8) is 0 Å². The van der Waals surface area contributed by atoms with Gasteiger partial charge in [-0.25, -0.2) is 9.69 Å². The van der Waals surface area contributed by atoms with Crippen LogP contribution in [0.1, 0.15) is 31.9 Å². The molecule has 0 N–H and O–H groups in total. The number of fused-ring (bicyclic) bond motifs is 1. The van der Waals surface area contributed by atoms with Gasteiger partial charge in [-0.1, -0.05) is 5.16 Å². The number of benzene rings is 1. The number of hydrogen-bond donors (Lipinski definition) is 0. The van der Waals surface area contributed by atoms with Gasteiger partial charge >= 0.3 is 24.4 Å². The van der Waals surface area contributed by atoms with E-state index in [4.69, 9.17) is 4.74 Å². The maximum absolute atomic E-state index is 13.3. The first-order valence-electron chi connectivity index (χ1n) is 8.19. The Morgan fingerprint density at radius 1 is 1.07 bits per heavy atom. The van der Waals surface area contributed by atoms with Crippen molar-refractivity contribution in [2.45, 2.75) is 38.7 Å². The van der Waals surface area contributed by atoms with E-state index in [0.717, 1.165) is 7.11 Å². The molecule has 0 atom stereocenters. The summed E-state index contributed by atoms with van der Waals surface area (Å²) in [5.41, 5.74) is -5.40. The van der Waals surface area contributed by atoms with Crippen molar-refractivity contribution in [3.05, 3.63) is 23.3 Å². The third kappa shape index (κ3) is 5.13. The molecule has 166 valence electrons. The molecule has 2 aromatic rings. The highest BCUT2D eigenvalue weighted by Gasteiger charge is 2.41. The van der Waals surface area contributed by atoms with Crippen LogP contribution in [0.15, 0.2) is 16.7 Å². The van der Waals surface area contributed by atoms with E-state index in [1.807, 2.05) is 0 Å². The first-order chi connectivity index (χ1) is 13.5. The number of carbonyl (C=O) groups is 2. The zero-order chi connectivity index (χ0) is 23.1. The number of hydrogen-bond acceptors (Lipinski definition) is 6. The third-order valence-corrected chi connectivity index (χ3v) is 3.54. The fourth-order valence-electron chi connectivity index (χ4n) is 2.44. The summed E-state index contributed by atoms with van der Waals surface area (Å²) in [7, 11) is 0.898. The third-order valence-electron chi connectivity index (χ3n) is 3.54. The molecule has 13 heteroatoms. The molecule has 1 aromatic heterocycles. The summed E-state index contributed by atoms with van der Waals surface area (Å²) in [4.78, 5) is 24.6. The molecule has 0 aliphatic heterocycles. The number of ether oxygens (including phenoxy) is 2. The van der Waals surface area contributed by atoms with Crippen LogP contribution in [-0.2, 0) is 26.6 Å². The van der Waals surface area contributed by atoms with Gasteiger partial charge < -0.3 is 14.0 Å². The van der Waals surface area contributed by atoms with Gasteiger partial charge in [0.2, 0.25) is 0 Å². The van der Waals surface area contributed by atoms with E-state index < -0.39 is 64.5 Å². The van der Waals surface area contributed by atoms with Crippen LogP contribution in [-0.4, -0.2) is 36.5 Å². The number of aromatic nitrogens is 1. The van der Waals surface area contributed by atoms with Gasteiger partial charge in [0.25, 0.3) is 0 Å². The normalized spacial score (nSPS) is 12.7. The predicted octanol–water partition coefficient (Wildman–Crippen LogP) is 4.78. The Bertz CT molecular complexity index is 958. The van der Waals surface area contributed by atoms with Gasteiger partial charge in [-0.2, -0.15) is 26.3 Å². The number of amides is 1. The number of nitrogens with zero attached hydrogens (tertiary/aromatic N) is 2. The molecule has 0 fully saturated rings. The largest absolute Gasteiger partial charge is 0.459 e. The van der Waals surface area contributed by atoms with Crippen LogP contribution in [0.5, 0.6) is 0 Å². The first kappa shape index (κ1) is 23.3. The molecule has 1 amide bonds. The minimum absolute atomic E-state index is 0.131. The van der Waals surface area contributed by atoms with E-state index >= 15 is 0 Å². The van der Waals surface area contributed by atoms with Crippen LogP contribution in [0.25, 0.3) is 11.0 Å². The van der Waals surface area contributed by atoms with Crippen molar-refractivity contribution in [2.24, 2.45) is 0 Å². The topological polar surface area (TPSA) is 81.9 Å². The molecular formula is C17H16F6N2O5. The number of rotatable bonds is 3. The summed E-state index contributed by atoms with van der Waals surface area (Å²) in [6, 6.07) is 0.203. The van der Waals surface area contributed by atoms with Crippen molar-refractivity contribution < 1.29 is 49.9 Å². The van der Waals surface area contributed by atoms with Crippen LogP contribution in [0.3, 0.4) is 0 Å². The summed E-state index contributed by atoms with van der Waals surface area (Å²) in [5, 5.41) is 2.50. The van der Waals surface area contributed by atoms with Crippen molar-refractivity contribution in [3.8, 4) is 0 Å². The Kier molecular flexibility index (Phi) is 5.97. The highest BCUT2D eigenvalue weighted by atomic mass is 19.4. The standard InChI is InChI=1S/C17H16F6N2O5/c1-15(2,3)29-11(26)7-25(14(27)28-4)13-9-5-8(16(18,19)20)6-10(17(21,22)23)12(9)30-24-13/h5-6H,7H2,1-4H3. The first-order valence-corrected chi connectivity index (χ1v) is 8.19. The van der Waals surface area contributed by atoms with Gasteiger partial charge in [0.05, 0.1) is 18.1 Å². The highest BCUT2D eigenvalue weighted by Crippen LogP contribution is 2.42. The maximum atomic E-state index is 13.3. The van der Waals surface area contributed by atoms with Gasteiger partial charge in [0, 0.05) is 0 Å². The monoisotopic (exact) mass is 442 g/mol. The van der Waals surface area contributed by atoms with E-state index in [2.05, 4.69) is 14.4 Å². The minimum atomic E-state index is -5.21. The van der Waals surface area contributed by atoms with Crippen LogP contribution < -0.4 is 4.90 Å². The quantitative estimate of drug-likeness (QED) is 0.503. The average molecular weight is 442 g/mol. The molecule has 0 bridgehead atoms. The van der Waals surface area contributed by atoms with Gasteiger partial charge in [-0.3, -0.25) is 4.79 Å². The molecule has 0 saturated heterocycles. The molecule has 7 nitrogen and oxygen atoms in total. The van der Waals surface area contributed by atoms with Gasteiger partial charge in [-0.15, -0.1) is 0 Å². The second kappa shape index (κ2) is 7.69. The van der Waals surface area contributed by atoms with Crippen molar-refractivity contribution >= 4 is 28.8 Å². The summed E-state index contributed by atoms with van der Waals surface area (Å²) < 4.78 is 93.4. The smallest absolute Gasteiger partial charge is 0.420 e. The number of anilines is 1. The van der Waals surface area contributed by atoms with Crippen LogP contribution in [0.2, 0.25) is 0 Å². The lowest BCUT2D eigenvalue weighted by atomic mass is 10.1. The van der Waals surface area contributed by atoms with Crippen molar-refractivity contribution in [1.29, 1.82) is 0 Å². The lowest BCUT2D eigenvalue weighted by molar-refractivity contribution is -0.153. The van der Waals surface area contributed by atoms with E-state index in [0.29, 0.717) is 11.0 Å². The van der Waals surface area contributed by atoms with E-state index in [-0.39, 0.29) is 6.07 Å². The zero-order valence-corrected chi connectivity index (χ0v) is 16.1. The molecule has 30 heavy (non-hydrogen) atoms. The Balaban J connectivity index is 2.67. The van der Waals surface area contributed by atoms with E-state index in [1.165, 1.54) is 20.8 Å². The second-order valence-corrected chi connectivity index (χ2v) is 7.04. The number of esters is 1. The Labute approximate surface area is 165 Å². The minimum Gasteiger partial charge on any atom is -0.459 e.